The highest BCUT2D eigenvalue weighted by Gasteiger charge is 2.22. The monoisotopic (exact) mass is 415 g/mol. The van der Waals surface area contributed by atoms with Gasteiger partial charge in [-0.3, -0.25) is 14.4 Å². The summed E-state index contributed by atoms with van der Waals surface area (Å²) in [6.45, 7) is 3.46. The van der Waals surface area contributed by atoms with Crippen molar-refractivity contribution in [1.82, 2.24) is 5.32 Å². The van der Waals surface area contributed by atoms with Crippen LogP contribution in [0.15, 0.2) is 54.6 Å². The molecule has 0 aliphatic rings. The third-order valence-corrected chi connectivity index (χ3v) is 4.49. The van der Waals surface area contributed by atoms with Crippen molar-refractivity contribution >= 4 is 17.8 Å². The first-order chi connectivity index (χ1) is 15.9. The SMILES string of the molecule is [2H]C([2H])(C(=O)O)C([2H])([2H])C(=O)N[C@H](Cc1ccc(-c2ccccc2)cc1)C[C@@H](C)C(=O)OCC. The summed E-state index contributed by atoms with van der Waals surface area (Å²) in [5.41, 5.74) is 2.80. The fourth-order valence-electron chi connectivity index (χ4n) is 3.08. The van der Waals surface area contributed by atoms with Crippen molar-refractivity contribution in [3.8, 4) is 11.1 Å². The third kappa shape index (κ3) is 7.70. The maximum Gasteiger partial charge on any atom is 0.308 e. The van der Waals surface area contributed by atoms with E-state index < -0.39 is 42.6 Å². The van der Waals surface area contributed by atoms with Crippen LogP contribution in [0.25, 0.3) is 11.1 Å². The van der Waals surface area contributed by atoms with E-state index in [-0.39, 0.29) is 19.4 Å². The lowest BCUT2D eigenvalue weighted by Gasteiger charge is -2.22. The van der Waals surface area contributed by atoms with Gasteiger partial charge >= 0.3 is 11.9 Å². The van der Waals surface area contributed by atoms with Gasteiger partial charge in [0.1, 0.15) is 0 Å². The molecule has 160 valence electrons. The zero-order valence-corrected chi connectivity index (χ0v) is 17.1. The highest BCUT2D eigenvalue weighted by molar-refractivity contribution is 5.81. The summed E-state index contributed by atoms with van der Waals surface area (Å²) >= 11 is 0. The molecule has 0 aliphatic carbocycles. The third-order valence-electron chi connectivity index (χ3n) is 4.49. The summed E-state index contributed by atoms with van der Waals surface area (Å²) in [7, 11) is 0. The molecule has 2 aromatic rings. The lowest BCUT2D eigenvalue weighted by atomic mass is 9.94. The second-order valence-corrected chi connectivity index (χ2v) is 6.88. The largest absolute Gasteiger partial charge is 0.481 e. The van der Waals surface area contributed by atoms with Gasteiger partial charge in [-0.2, -0.15) is 0 Å². The van der Waals surface area contributed by atoms with Gasteiger partial charge in [-0.25, -0.2) is 0 Å². The quantitative estimate of drug-likeness (QED) is 0.544. The minimum atomic E-state index is -3.44. The van der Waals surface area contributed by atoms with Crippen molar-refractivity contribution in [3.63, 3.8) is 0 Å². The van der Waals surface area contributed by atoms with Gasteiger partial charge in [0.05, 0.1) is 18.9 Å². The van der Waals surface area contributed by atoms with E-state index in [9.17, 15) is 14.4 Å². The van der Waals surface area contributed by atoms with Gasteiger partial charge in [-0.15, -0.1) is 0 Å². The van der Waals surface area contributed by atoms with Gasteiger partial charge in [-0.05, 0) is 36.5 Å². The Balaban J connectivity index is 2.24. The Kier molecular flexibility index (Phi) is 6.93. The van der Waals surface area contributed by atoms with E-state index in [0.29, 0.717) is 0 Å². The topological polar surface area (TPSA) is 92.7 Å². The molecule has 1 amide bonds. The maximum atomic E-state index is 12.6. The lowest BCUT2D eigenvalue weighted by molar-refractivity contribution is -0.148. The van der Waals surface area contributed by atoms with Crippen molar-refractivity contribution < 1.29 is 29.7 Å². The average molecular weight is 416 g/mol. The van der Waals surface area contributed by atoms with Crippen LogP contribution in [0.1, 0.15) is 44.1 Å². The normalized spacial score (nSPS) is 15.5. The molecule has 0 unspecified atom stereocenters. The standard InChI is InChI=1S/C24H29NO5/c1-3-30-24(29)17(2)15-21(25-22(26)13-14-23(27)28)16-18-9-11-20(12-10-18)19-7-5-4-6-8-19/h4-12,17,21H,3,13-16H2,1-2H3,(H,25,26)(H,27,28)/t17-,21+/m1/s1/i13D2,14D2. The van der Waals surface area contributed by atoms with E-state index >= 15 is 0 Å². The van der Waals surface area contributed by atoms with Crippen LogP contribution in [-0.4, -0.2) is 35.6 Å². The highest BCUT2D eigenvalue weighted by atomic mass is 16.5. The molecular weight excluding hydrogens is 382 g/mol. The molecule has 0 aromatic heterocycles. The summed E-state index contributed by atoms with van der Waals surface area (Å²) in [4.78, 5) is 35.9. The Morgan fingerprint density at radius 2 is 1.67 bits per heavy atom. The van der Waals surface area contributed by atoms with Crippen molar-refractivity contribution in [1.29, 1.82) is 0 Å². The smallest absolute Gasteiger partial charge is 0.308 e. The zero-order chi connectivity index (χ0) is 25.5. The molecule has 2 aromatic carbocycles. The molecule has 6 nitrogen and oxygen atoms in total. The summed E-state index contributed by atoms with van der Waals surface area (Å²) in [6, 6.07) is 16.4. The number of amides is 1. The van der Waals surface area contributed by atoms with Crippen molar-refractivity contribution in [2.45, 2.75) is 45.5 Å². The van der Waals surface area contributed by atoms with Crippen LogP contribution in [0.3, 0.4) is 0 Å². The summed E-state index contributed by atoms with van der Waals surface area (Å²) in [6.07, 6.45) is -6.46. The number of aliphatic carboxylic acids is 1. The molecule has 2 atom stereocenters. The fourth-order valence-corrected chi connectivity index (χ4v) is 3.08. The lowest BCUT2D eigenvalue weighted by Crippen LogP contribution is -2.39. The van der Waals surface area contributed by atoms with Crippen LogP contribution in [0.5, 0.6) is 0 Å². The number of nitrogens with one attached hydrogen (secondary N) is 1. The Morgan fingerprint density at radius 3 is 2.27 bits per heavy atom. The Morgan fingerprint density at radius 1 is 1.03 bits per heavy atom. The van der Waals surface area contributed by atoms with Crippen LogP contribution in [-0.2, 0) is 25.5 Å². The second kappa shape index (κ2) is 11.8. The second-order valence-electron chi connectivity index (χ2n) is 6.88. The first-order valence-electron chi connectivity index (χ1n) is 11.8. The molecule has 0 spiro atoms. The van der Waals surface area contributed by atoms with Crippen molar-refractivity contribution in [3.05, 3.63) is 60.2 Å². The zero-order valence-electron chi connectivity index (χ0n) is 21.1. The predicted octanol–water partition coefficient (Wildman–Crippen LogP) is 3.84. The molecule has 0 bridgehead atoms. The molecule has 0 fully saturated rings. The van der Waals surface area contributed by atoms with Crippen LogP contribution < -0.4 is 5.32 Å². The Hall–Kier alpha value is -3.15. The molecule has 0 radical (unpaired) electrons. The molecule has 2 N–H and O–H groups in total. The van der Waals surface area contributed by atoms with Gasteiger partial charge in [0.15, 0.2) is 0 Å². The van der Waals surface area contributed by atoms with Gasteiger partial charge in [0.25, 0.3) is 0 Å². The minimum Gasteiger partial charge on any atom is -0.481 e. The van der Waals surface area contributed by atoms with E-state index in [0.717, 1.165) is 16.7 Å². The molecule has 0 aliphatic heterocycles. The van der Waals surface area contributed by atoms with Crippen molar-refractivity contribution in [2.75, 3.05) is 6.61 Å². The number of hydrogen-bond acceptors (Lipinski definition) is 4. The number of ether oxygens (including phenoxy) is 1. The Labute approximate surface area is 182 Å². The van der Waals surface area contributed by atoms with Gasteiger partial charge in [-0.1, -0.05) is 61.5 Å². The fraction of sp³-hybridized carbons (Fsp3) is 0.375. The molecule has 0 saturated heterocycles. The van der Waals surface area contributed by atoms with E-state index in [1.807, 2.05) is 54.6 Å². The van der Waals surface area contributed by atoms with Crippen LogP contribution >= 0.6 is 0 Å². The summed E-state index contributed by atoms with van der Waals surface area (Å²) in [5.74, 6) is -4.59. The summed E-state index contributed by atoms with van der Waals surface area (Å²) < 4.78 is 35.6. The van der Waals surface area contributed by atoms with Gasteiger partial charge in [0, 0.05) is 17.9 Å². The molecule has 30 heavy (non-hydrogen) atoms. The summed E-state index contributed by atoms with van der Waals surface area (Å²) in [5, 5.41) is 11.5. The number of rotatable bonds is 11. The van der Waals surface area contributed by atoms with Gasteiger partial charge < -0.3 is 15.2 Å². The number of carbonyl (C=O) groups excluding carboxylic acids is 2. The van der Waals surface area contributed by atoms with Crippen LogP contribution in [0, 0.1) is 5.92 Å². The molecule has 6 heteroatoms. The molecule has 0 saturated carbocycles. The molecule has 2 rings (SSSR count). The number of esters is 1. The number of carboxylic acid groups (broad SMARTS) is 1. The first kappa shape index (κ1) is 17.7. The average Bonchev–Trinajstić information content (AvgIpc) is 2.79. The minimum absolute atomic E-state index is 0.0944. The van der Waals surface area contributed by atoms with E-state index in [4.69, 9.17) is 15.3 Å². The van der Waals surface area contributed by atoms with Crippen LogP contribution in [0.4, 0.5) is 0 Å². The predicted molar refractivity (Wildman–Crippen MR) is 115 cm³/mol. The number of hydrogen-bond donors (Lipinski definition) is 2. The van der Waals surface area contributed by atoms with Crippen LogP contribution in [0.2, 0.25) is 0 Å². The van der Waals surface area contributed by atoms with Gasteiger partial charge in [0.2, 0.25) is 5.91 Å². The highest BCUT2D eigenvalue weighted by Crippen LogP contribution is 2.21. The van der Waals surface area contributed by atoms with E-state index in [1.165, 1.54) is 0 Å². The first-order valence-corrected chi connectivity index (χ1v) is 9.75. The number of benzene rings is 2. The van der Waals surface area contributed by atoms with E-state index in [2.05, 4.69) is 5.32 Å². The molecule has 0 heterocycles. The van der Waals surface area contributed by atoms with Crippen molar-refractivity contribution in [2.24, 2.45) is 5.92 Å². The number of carboxylic acids is 1. The Bertz CT molecular complexity index is 996. The maximum absolute atomic E-state index is 12.6. The number of carbonyl (C=O) groups is 3. The van der Waals surface area contributed by atoms with E-state index in [1.54, 1.807) is 13.8 Å². The molecular formula is C24H29NO5.